The van der Waals surface area contributed by atoms with E-state index in [0.717, 1.165) is 0 Å². The fourth-order valence-electron chi connectivity index (χ4n) is 9.99. The molecular weight excluding hydrogens is 802 g/mol. The Morgan fingerprint density at radius 1 is 0.885 bits per heavy atom. The Balaban J connectivity index is 1.60. The third kappa shape index (κ3) is 9.69. The van der Waals surface area contributed by atoms with E-state index in [9.17, 15) is 24.0 Å². The van der Waals surface area contributed by atoms with Crippen LogP contribution in [0.5, 0.6) is 0 Å². The number of rotatable bonds is 10. The van der Waals surface area contributed by atoms with Gasteiger partial charge in [-0.15, -0.1) is 0 Å². The van der Waals surface area contributed by atoms with Gasteiger partial charge >= 0.3 is 24.4 Å². The summed E-state index contributed by atoms with van der Waals surface area (Å²) in [6.45, 7) is 20.9. The van der Waals surface area contributed by atoms with Crippen LogP contribution in [0.25, 0.3) is 0 Å². The molecule has 0 bridgehead atoms. The van der Waals surface area contributed by atoms with Gasteiger partial charge in [-0.25, -0.2) is 14.4 Å². The number of methoxy groups -OCH3 is 2. The Hall–Kier alpha value is -3.55. The fraction of sp³-hybridized carbons (Fsp3) is 0.837. The molecule has 0 aliphatic carbocycles. The molecule has 0 aromatic heterocycles. The summed E-state index contributed by atoms with van der Waals surface area (Å²) in [6, 6.07) is -0.351. The van der Waals surface area contributed by atoms with E-state index in [0.29, 0.717) is 6.42 Å². The quantitative estimate of drug-likeness (QED) is 0.151. The third-order valence-corrected chi connectivity index (χ3v) is 13.6. The van der Waals surface area contributed by atoms with Gasteiger partial charge in [0.25, 0.3) is 0 Å². The van der Waals surface area contributed by atoms with E-state index in [2.05, 4.69) is 6.58 Å². The molecule has 61 heavy (non-hydrogen) atoms. The van der Waals surface area contributed by atoms with Gasteiger partial charge in [-0.3, -0.25) is 9.59 Å². The summed E-state index contributed by atoms with van der Waals surface area (Å²) >= 11 is 0. The van der Waals surface area contributed by atoms with Gasteiger partial charge in [0.15, 0.2) is 36.5 Å². The van der Waals surface area contributed by atoms with Crippen molar-refractivity contribution in [3.8, 4) is 0 Å². The predicted octanol–water partition coefficient (Wildman–Crippen LogP) is 5.50. The molecule has 0 saturated carbocycles. The summed E-state index contributed by atoms with van der Waals surface area (Å²) in [7, 11) is 4.64. The van der Waals surface area contributed by atoms with Crippen LogP contribution in [-0.4, -0.2) is 147 Å². The van der Waals surface area contributed by atoms with Gasteiger partial charge in [-0.05, 0) is 60.8 Å². The smallest absolute Gasteiger partial charge is 0.458 e. The van der Waals surface area contributed by atoms with Crippen LogP contribution in [0.2, 0.25) is 0 Å². The lowest BCUT2D eigenvalue weighted by Gasteiger charge is -2.49. The molecule has 5 fully saturated rings. The molecule has 18 atom stereocenters. The number of likely N-dealkylation sites (N-methyl/N-ethyl adjacent to an activating group) is 1. The average Bonchev–Trinajstić information content (AvgIpc) is 3.69. The van der Waals surface area contributed by atoms with Gasteiger partial charge in [-0.1, -0.05) is 40.3 Å². The minimum Gasteiger partial charge on any atom is -0.458 e. The summed E-state index contributed by atoms with van der Waals surface area (Å²) in [5.41, 5.74) is -3.97. The van der Waals surface area contributed by atoms with Crippen molar-refractivity contribution in [2.45, 2.75) is 179 Å². The summed E-state index contributed by atoms with van der Waals surface area (Å²) in [5.74, 6) is -4.35. The highest BCUT2D eigenvalue weighted by Gasteiger charge is 2.60. The van der Waals surface area contributed by atoms with Crippen molar-refractivity contribution in [2.24, 2.45) is 23.7 Å². The topological polar surface area (TPSA) is 199 Å². The molecule has 1 amide bonds. The van der Waals surface area contributed by atoms with Gasteiger partial charge in [0, 0.05) is 39.5 Å². The van der Waals surface area contributed by atoms with E-state index >= 15 is 0 Å². The zero-order valence-electron chi connectivity index (χ0n) is 37.9. The minimum atomic E-state index is -1.51. The van der Waals surface area contributed by atoms with Crippen molar-refractivity contribution in [3.05, 3.63) is 12.7 Å². The Kier molecular flexibility index (Phi) is 15.1. The van der Waals surface area contributed by atoms with Crippen LogP contribution in [0.15, 0.2) is 12.7 Å². The standard InChI is InChI=1S/C43H67NO17/c1-15-17-52-39(48)60-35-26(8)54-29(20-42(35,10)51-14)56-31-24(6)33(58-37-32-27(18-22(4)53-37)44(12)38(47)57-32)41(9,50-13)19-21(3)30(45)23(5)34-43(11,61-40(49)59-34)28(16-2)55-36(46)25(31)7/h15,21-29,31-35,37H,1,16-20H2,2-14H3/t21-,22-,23+,24+,25-,26+,27+,28-,29+,31+,32-,33-,34+,35+,37+,41-,42-,43-/m1/s1. The number of Topliss-reactive ketones (excluding diaryl/α,β-unsaturated/α-hetero) is 1. The molecule has 0 unspecified atom stereocenters. The first-order chi connectivity index (χ1) is 28.6. The number of ether oxygens (including phenoxy) is 12. The van der Waals surface area contributed by atoms with Crippen LogP contribution in [0.1, 0.15) is 94.9 Å². The second-order valence-electron chi connectivity index (χ2n) is 18.0. The largest absolute Gasteiger partial charge is 0.509 e. The number of amides is 1. The van der Waals surface area contributed by atoms with Crippen LogP contribution in [-0.2, 0) is 66.4 Å². The number of carbonyl (C=O) groups is 5. The normalized spacial score (nSPS) is 44.7. The minimum absolute atomic E-state index is 0.0364. The number of carbonyl (C=O) groups excluding carboxylic acids is 5. The first-order valence-corrected chi connectivity index (χ1v) is 21.3. The van der Waals surface area contributed by atoms with Crippen molar-refractivity contribution in [1.29, 1.82) is 0 Å². The number of hydrogen-bond donors (Lipinski definition) is 0. The van der Waals surface area contributed by atoms with Crippen LogP contribution >= 0.6 is 0 Å². The number of hydrogen-bond acceptors (Lipinski definition) is 17. The highest BCUT2D eigenvalue weighted by Crippen LogP contribution is 2.45. The second kappa shape index (κ2) is 19.1. The van der Waals surface area contributed by atoms with Crippen molar-refractivity contribution < 1.29 is 80.8 Å². The van der Waals surface area contributed by atoms with E-state index in [1.165, 1.54) is 25.2 Å². The van der Waals surface area contributed by atoms with Crippen molar-refractivity contribution in [3.63, 3.8) is 0 Å². The van der Waals surface area contributed by atoms with Crippen LogP contribution in [0.3, 0.4) is 0 Å². The van der Waals surface area contributed by atoms with Gasteiger partial charge in [0.1, 0.15) is 24.1 Å². The molecule has 0 spiro atoms. The summed E-state index contributed by atoms with van der Waals surface area (Å²) in [4.78, 5) is 68.8. The maximum Gasteiger partial charge on any atom is 0.509 e. The van der Waals surface area contributed by atoms with Crippen LogP contribution in [0.4, 0.5) is 14.4 Å². The lowest BCUT2D eigenvalue weighted by Crippen LogP contribution is -2.61. The fourth-order valence-corrected chi connectivity index (χ4v) is 9.99. The highest BCUT2D eigenvalue weighted by molar-refractivity contribution is 5.84. The molecule has 0 aromatic rings. The van der Waals surface area contributed by atoms with E-state index in [1.807, 2.05) is 13.8 Å². The monoisotopic (exact) mass is 869 g/mol. The first-order valence-electron chi connectivity index (χ1n) is 21.3. The van der Waals surface area contributed by atoms with Crippen molar-refractivity contribution in [1.82, 2.24) is 4.90 Å². The molecule has 5 saturated heterocycles. The summed E-state index contributed by atoms with van der Waals surface area (Å²) in [6.07, 6.45) is -9.36. The molecule has 5 aliphatic rings. The predicted molar refractivity (Wildman–Crippen MR) is 213 cm³/mol. The molecule has 0 N–H and O–H groups in total. The average molecular weight is 870 g/mol. The molecule has 5 heterocycles. The van der Waals surface area contributed by atoms with Gasteiger partial charge < -0.3 is 61.7 Å². The second-order valence-corrected chi connectivity index (χ2v) is 18.0. The Bertz CT molecular complexity index is 1630. The number of nitrogens with zero attached hydrogens (tertiary/aromatic N) is 1. The molecular formula is C43H67NO17. The number of esters is 1. The molecule has 5 rings (SSSR count). The van der Waals surface area contributed by atoms with Gasteiger partial charge in [0.2, 0.25) is 0 Å². The number of fused-ring (bicyclic) bond motifs is 2. The zero-order chi connectivity index (χ0) is 45.4. The maximum absolute atomic E-state index is 14.6. The highest BCUT2D eigenvalue weighted by atomic mass is 16.8. The Labute approximate surface area is 358 Å². The number of ketones is 1. The van der Waals surface area contributed by atoms with E-state index in [1.54, 1.807) is 62.4 Å². The molecule has 18 nitrogen and oxygen atoms in total. The molecule has 5 aliphatic heterocycles. The Morgan fingerprint density at radius 3 is 2.16 bits per heavy atom. The van der Waals surface area contributed by atoms with Crippen molar-refractivity contribution in [2.75, 3.05) is 27.9 Å². The van der Waals surface area contributed by atoms with Gasteiger partial charge in [-0.2, -0.15) is 0 Å². The van der Waals surface area contributed by atoms with Crippen LogP contribution in [0, 0.1) is 23.7 Å². The SMILES string of the molecule is C=CCOC(=O)O[C@H]1[C@H](C)O[C@@H](O[C@H]2[C@H](C)[C@@H](O[C@@H]3O[C@H](C)C[C@H]4[C@H]3OC(=O)N4C)[C@](C)(OC)C[C@@H](C)C(=O)[C@H](C)[C@@H]3OC(=O)O[C@]3(C)[C@@H](CC)OC(=O)[C@@H]2C)C[C@@]1(C)OC. The Morgan fingerprint density at radius 2 is 1.54 bits per heavy atom. The molecule has 346 valence electrons. The molecule has 0 radical (unpaired) electrons. The maximum atomic E-state index is 14.6. The van der Waals surface area contributed by atoms with E-state index in [-0.39, 0.29) is 43.8 Å². The summed E-state index contributed by atoms with van der Waals surface area (Å²) < 4.78 is 73.2. The molecule has 0 aromatic carbocycles. The van der Waals surface area contributed by atoms with Crippen LogP contribution < -0.4 is 0 Å². The summed E-state index contributed by atoms with van der Waals surface area (Å²) in [5, 5.41) is 0. The third-order valence-electron chi connectivity index (χ3n) is 13.6. The van der Waals surface area contributed by atoms with Crippen molar-refractivity contribution >= 4 is 30.2 Å². The zero-order valence-corrected chi connectivity index (χ0v) is 37.9. The van der Waals surface area contributed by atoms with Gasteiger partial charge in [0.05, 0.1) is 47.9 Å². The lowest BCUT2D eigenvalue weighted by molar-refractivity contribution is -0.315. The lowest BCUT2D eigenvalue weighted by atomic mass is 9.74. The molecule has 18 heteroatoms. The van der Waals surface area contributed by atoms with E-state index < -0.39 is 120 Å². The number of cyclic esters (lactones) is 1. The first kappa shape index (κ1) is 48.5. The van der Waals surface area contributed by atoms with E-state index in [4.69, 9.17) is 56.8 Å².